The van der Waals surface area contributed by atoms with E-state index in [2.05, 4.69) is 0 Å². The molecule has 31 heavy (non-hydrogen) atoms. The molecule has 0 bridgehead atoms. The van der Waals surface area contributed by atoms with Crippen LogP contribution in [-0.4, -0.2) is 54.4 Å². The van der Waals surface area contributed by atoms with E-state index in [4.69, 9.17) is 4.74 Å². The third-order valence-electron chi connectivity index (χ3n) is 5.52. The molecule has 0 radical (unpaired) electrons. The lowest BCUT2D eigenvalue weighted by molar-refractivity contribution is -0.139. The molecule has 0 spiro atoms. The van der Waals surface area contributed by atoms with Crippen LogP contribution >= 0.6 is 0 Å². The highest BCUT2D eigenvalue weighted by Gasteiger charge is 2.26. The molecular weight excluding hydrogens is 388 g/mol. The van der Waals surface area contributed by atoms with Gasteiger partial charge in [0.15, 0.2) is 0 Å². The van der Waals surface area contributed by atoms with Crippen molar-refractivity contribution in [3.05, 3.63) is 108 Å². The van der Waals surface area contributed by atoms with E-state index in [-0.39, 0.29) is 24.5 Å². The molecular formula is C26H26N2O3. The second kappa shape index (κ2) is 10.0. The van der Waals surface area contributed by atoms with E-state index in [1.165, 1.54) is 0 Å². The number of amides is 2. The van der Waals surface area contributed by atoms with E-state index in [1.54, 1.807) is 9.80 Å². The Bertz CT molecular complexity index is 945. The maximum atomic E-state index is 12.8. The molecule has 4 rings (SSSR count). The Labute approximate surface area is 182 Å². The highest BCUT2D eigenvalue weighted by molar-refractivity contribution is 5.94. The number of hydrogen-bond acceptors (Lipinski definition) is 3. The molecule has 1 fully saturated rings. The van der Waals surface area contributed by atoms with Gasteiger partial charge in [0.1, 0.15) is 12.7 Å². The molecule has 0 unspecified atom stereocenters. The molecule has 5 heteroatoms. The van der Waals surface area contributed by atoms with Crippen LogP contribution in [0.4, 0.5) is 0 Å². The van der Waals surface area contributed by atoms with E-state index < -0.39 is 0 Å². The van der Waals surface area contributed by atoms with Crippen molar-refractivity contribution >= 4 is 11.8 Å². The van der Waals surface area contributed by atoms with Crippen LogP contribution in [0.15, 0.2) is 91.0 Å². The van der Waals surface area contributed by atoms with Gasteiger partial charge < -0.3 is 14.5 Å². The Morgan fingerprint density at radius 1 is 0.677 bits per heavy atom. The summed E-state index contributed by atoms with van der Waals surface area (Å²) in [7, 11) is 0. The van der Waals surface area contributed by atoms with Gasteiger partial charge in [-0.05, 0) is 23.3 Å². The maximum absolute atomic E-state index is 12.8. The van der Waals surface area contributed by atoms with Crippen LogP contribution in [-0.2, 0) is 9.53 Å². The Kier molecular flexibility index (Phi) is 6.75. The molecule has 1 saturated heterocycles. The monoisotopic (exact) mass is 414 g/mol. The number of ether oxygens (including phenoxy) is 1. The van der Waals surface area contributed by atoms with Crippen molar-refractivity contribution in [2.24, 2.45) is 0 Å². The van der Waals surface area contributed by atoms with Crippen molar-refractivity contribution < 1.29 is 14.3 Å². The molecule has 3 aromatic rings. The predicted molar refractivity (Wildman–Crippen MR) is 120 cm³/mol. The van der Waals surface area contributed by atoms with Crippen LogP contribution in [0.5, 0.6) is 0 Å². The van der Waals surface area contributed by atoms with Crippen LogP contribution in [0, 0.1) is 0 Å². The number of carbonyl (C=O) groups is 2. The second-order valence-electron chi connectivity index (χ2n) is 7.55. The summed E-state index contributed by atoms with van der Waals surface area (Å²) < 4.78 is 6.10. The Morgan fingerprint density at radius 3 is 1.65 bits per heavy atom. The zero-order valence-electron chi connectivity index (χ0n) is 17.4. The molecule has 3 aromatic carbocycles. The lowest BCUT2D eigenvalue weighted by Crippen LogP contribution is -2.51. The standard InChI is InChI=1S/C26H26N2O3/c29-24(27-16-18-28(19-17-27)26(30)23-14-8-3-9-15-23)20-31-25(21-10-4-1-5-11-21)22-12-6-2-7-13-22/h1-15,25H,16-20H2. The largest absolute Gasteiger partial charge is 0.359 e. The van der Waals surface area contributed by atoms with Crippen LogP contribution in [0.2, 0.25) is 0 Å². The van der Waals surface area contributed by atoms with Gasteiger partial charge in [0.2, 0.25) is 5.91 Å². The molecule has 0 aromatic heterocycles. The minimum absolute atomic E-state index is 0.00108. The van der Waals surface area contributed by atoms with Gasteiger partial charge in [-0.3, -0.25) is 9.59 Å². The van der Waals surface area contributed by atoms with E-state index in [0.717, 1.165) is 11.1 Å². The van der Waals surface area contributed by atoms with Gasteiger partial charge in [-0.1, -0.05) is 78.9 Å². The van der Waals surface area contributed by atoms with Gasteiger partial charge in [-0.2, -0.15) is 0 Å². The maximum Gasteiger partial charge on any atom is 0.253 e. The van der Waals surface area contributed by atoms with Crippen molar-refractivity contribution in [1.82, 2.24) is 9.80 Å². The smallest absolute Gasteiger partial charge is 0.253 e. The molecule has 1 aliphatic heterocycles. The minimum atomic E-state index is -0.299. The van der Waals surface area contributed by atoms with Gasteiger partial charge in [-0.25, -0.2) is 0 Å². The number of carbonyl (C=O) groups excluding carboxylic acids is 2. The third kappa shape index (κ3) is 5.19. The van der Waals surface area contributed by atoms with Crippen LogP contribution in [0.1, 0.15) is 27.6 Å². The molecule has 0 atom stereocenters. The summed E-state index contributed by atoms with van der Waals surface area (Å²) in [5, 5.41) is 0. The fourth-order valence-corrected chi connectivity index (χ4v) is 3.81. The third-order valence-corrected chi connectivity index (χ3v) is 5.52. The lowest BCUT2D eigenvalue weighted by atomic mass is 10.0. The molecule has 158 valence electrons. The summed E-state index contributed by atoms with van der Waals surface area (Å²) >= 11 is 0. The molecule has 0 saturated carbocycles. The summed E-state index contributed by atoms with van der Waals surface area (Å²) in [6, 6.07) is 29.1. The zero-order chi connectivity index (χ0) is 21.5. The van der Waals surface area contributed by atoms with E-state index in [9.17, 15) is 9.59 Å². The first-order chi connectivity index (χ1) is 15.2. The van der Waals surface area contributed by atoms with Gasteiger partial charge in [0.05, 0.1) is 0 Å². The molecule has 1 aliphatic rings. The number of nitrogens with zero attached hydrogens (tertiary/aromatic N) is 2. The van der Waals surface area contributed by atoms with Gasteiger partial charge in [0.25, 0.3) is 5.91 Å². The van der Waals surface area contributed by atoms with Crippen molar-refractivity contribution in [3.63, 3.8) is 0 Å². The molecule has 5 nitrogen and oxygen atoms in total. The highest BCUT2D eigenvalue weighted by atomic mass is 16.5. The van der Waals surface area contributed by atoms with Crippen molar-refractivity contribution in [2.75, 3.05) is 32.8 Å². The number of rotatable bonds is 6. The lowest BCUT2D eigenvalue weighted by Gasteiger charge is -2.35. The van der Waals surface area contributed by atoms with E-state index >= 15 is 0 Å². The fraction of sp³-hybridized carbons (Fsp3) is 0.231. The fourth-order valence-electron chi connectivity index (χ4n) is 3.81. The summed E-state index contributed by atoms with van der Waals surface area (Å²) in [5.41, 5.74) is 2.71. The van der Waals surface area contributed by atoms with Crippen LogP contribution < -0.4 is 0 Å². The van der Waals surface area contributed by atoms with E-state index in [0.29, 0.717) is 31.7 Å². The number of hydrogen-bond donors (Lipinski definition) is 0. The number of piperazine rings is 1. The van der Waals surface area contributed by atoms with Gasteiger partial charge in [-0.15, -0.1) is 0 Å². The average molecular weight is 415 g/mol. The molecule has 2 amide bonds. The Morgan fingerprint density at radius 2 is 1.13 bits per heavy atom. The van der Waals surface area contributed by atoms with Gasteiger partial charge in [0, 0.05) is 31.7 Å². The topological polar surface area (TPSA) is 49.9 Å². The number of benzene rings is 3. The normalized spacial score (nSPS) is 14.0. The minimum Gasteiger partial charge on any atom is -0.359 e. The average Bonchev–Trinajstić information content (AvgIpc) is 2.85. The first-order valence-corrected chi connectivity index (χ1v) is 10.6. The Hall–Kier alpha value is -3.44. The van der Waals surface area contributed by atoms with E-state index in [1.807, 2.05) is 91.0 Å². The first kappa shape index (κ1) is 20.8. The van der Waals surface area contributed by atoms with Crippen molar-refractivity contribution in [2.45, 2.75) is 6.10 Å². The van der Waals surface area contributed by atoms with Crippen LogP contribution in [0.3, 0.4) is 0 Å². The predicted octanol–water partition coefficient (Wildman–Crippen LogP) is 3.78. The molecule has 0 N–H and O–H groups in total. The Balaban J connectivity index is 1.34. The van der Waals surface area contributed by atoms with Crippen LogP contribution in [0.25, 0.3) is 0 Å². The van der Waals surface area contributed by atoms with Crippen molar-refractivity contribution in [3.8, 4) is 0 Å². The quantitative estimate of drug-likeness (QED) is 0.617. The first-order valence-electron chi connectivity index (χ1n) is 10.6. The summed E-state index contributed by atoms with van der Waals surface area (Å²) in [5.74, 6) is -0.0409. The molecule has 0 aliphatic carbocycles. The summed E-state index contributed by atoms with van der Waals surface area (Å²) in [4.78, 5) is 29.0. The summed E-state index contributed by atoms with van der Waals surface area (Å²) in [6.07, 6.45) is -0.299. The highest BCUT2D eigenvalue weighted by Crippen LogP contribution is 2.25. The second-order valence-corrected chi connectivity index (χ2v) is 7.55. The zero-order valence-corrected chi connectivity index (χ0v) is 17.4. The van der Waals surface area contributed by atoms with Crippen molar-refractivity contribution in [1.29, 1.82) is 0 Å². The van der Waals surface area contributed by atoms with Gasteiger partial charge >= 0.3 is 0 Å². The SMILES string of the molecule is O=C(COC(c1ccccc1)c1ccccc1)N1CCN(C(=O)c2ccccc2)CC1. The summed E-state index contributed by atoms with van der Waals surface area (Å²) in [6.45, 7) is 2.09. The molecule has 1 heterocycles.